The molecule has 2 saturated heterocycles. The Hall–Kier alpha value is -2.29. The predicted octanol–water partition coefficient (Wildman–Crippen LogP) is -6.26. The number of rotatable bonds is 8. The van der Waals surface area contributed by atoms with E-state index in [2.05, 4.69) is 24.9 Å². The van der Waals surface area contributed by atoms with Crippen molar-refractivity contribution in [1.29, 1.82) is 0 Å². The van der Waals surface area contributed by atoms with Crippen molar-refractivity contribution in [2.24, 2.45) is 0 Å². The van der Waals surface area contributed by atoms with Gasteiger partial charge in [-0.3, -0.25) is 23.5 Å². The summed E-state index contributed by atoms with van der Waals surface area (Å²) in [5.41, 5.74) is 9.76. The van der Waals surface area contributed by atoms with E-state index >= 15 is 0 Å². The van der Waals surface area contributed by atoms with E-state index in [1.54, 1.807) is 0 Å². The quantitative estimate of drug-likeness (QED) is 0.122. The van der Waals surface area contributed by atoms with Crippen LogP contribution in [-0.2, 0) is 23.1 Å². The van der Waals surface area contributed by atoms with Gasteiger partial charge in [-0.15, -0.1) is 0 Å². The fourth-order valence-corrected chi connectivity index (χ4v) is 5.19. The van der Waals surface area contributed by atoms with E-state index in [4.69, 9.17) is 30.0 Å². The Bertz CT molecular complexity index is 1500. The minimum atomic E-state index is -5.01. The smallest absolute Gasteiger partial charge is 0.756 e. The van der Waals surface area contributed by atoms with Gasteiger partial charge in [0.2, 0.25) is 11.9 Å². The maximum Gasteiger partial charge on any atom is 1.00 e. The van der Waals surface area contributed by atoms with Gasteiger partial charge in [-0.1, -0.05) is 0 Å². The number of phosphoric ester groups is 1. The van der Waals surface area contributed by atoms with Crippen molar-refractivity contribution in [1.82, 2.24) is 34.1 Å². The Morgan fingerprint density at radius 2 is 1.82 bits per heavy atom. The molecule has 7 N–H and O–H groups in total. The van der Waals surface area contributed by atoms with Gasteiger partial charge in [-0.05, 0) is 0 Å². The predicted molar refractivity (Wildman–Crippen MR) is 122 cm³/mol. The molecule has 206 valence electrons. The monoisotopic (exact) mass is 579 g/mol. The molecule has 39 heavy (non-hydrogen) atoms. The molecule has 21 heteroatoms. The van der Waals surface area contributed by atoms with Crippen LogP contribution in [-0.4, -0.2) is 81.9 Å². The number of aromatic nitrogens is 7. The number of nitrogen functional groups attached to an aromatic ring is 2. The first-order chi connectivity index (χ1) is 18.0. The number of nitrogens with one attached hydrogen (secondary N) is 1. The van der Waals surface area contributed by atoms with Crippen LogP contribution in [0.2, 0.25) is 0 Å². The van der Waals surface area contributed by atoms with Crippen LogP contribution in [0.4, 0.5) is 11.9 Å². The van der Waals surface area contributed by atoms with Crippen LogP contribution in [0.15, 0.2) is 22.2 Å². The van der Waals surface area contributed by atoms with Crippen molar-refractivity contribution < 1.29 is 67.8 Å². The third-order valence-electron chi connectivity index (χ3n) is 6.04. The molecule has 0 aliphatic carbocycles. The summed E-state index contributed by atoms with van der Waals surface area (Å²) >= 11 is 0. The molecule has 19 nitrogen and oxygen atoms in total. The van der Waals surface area contributed by atoms with Crippen LogP contribution in [0.25, 0.3) is 11.2 Å². The van der Waals surface area contributed by atoms with Gasteiger partial charge >= 0.3 is 35.2 Å². The van der Waals surface area contributed by atoms with Crippen LogP contribution < -0.4 is 57.2 Å². The maximum absolute atomic E-state index is 12.5. The van der Waals surface area contributed by atoms with Crippen molar-refractivity contribution in [2.75, 3.05) is 24.7 Å². The molecule has 3 aromatic heterocycles. The normalized spacial score (nSPS) is 28.4. The summed E-state index contributed by atoms with van der Waals surface area (Å²) < 4.78 is 36.2. The summed E-state index contributed by atoms with van der Waals surface area (Å²) in [6.45, 7) is -1.22. The second-order valence-electron chi connectivity index (χ2n) is 8.55. The van der Waals surface area contributed by atoms with Crippen LogP contribution in [0, 0.1) is 0 Å². The first-order valence-electron chi connectivity index (χ1n) is 11.2. The van der Waals surface area contributed by atoms with Crippen molar-refractivity contribution in [3.8, 4) is 0 Å². The topological polar surface area (TPSA) is 281 Å². The number of fused-ring (bicyclic) bond motifs is 1. The Balaban J connectivity index is 0.00000353. The van der Waals surface area contributed by atoms with Gasteiger partial charge in [-0.25, -0.2) is 14.8 Å². The first-order valence-corrected chi connectivity index (χ1v) is 12.7. The van der Waals surface area contributed by atoms with Crippen LogP contribution in [0.3, 0.4) is 0 Å². The van der Waals surface area contributed by atoms with Gasteiger partial charge in [0.15, 0.2) is 11.2 Å². The fourth-order valence-electron chi connectivity index (χ4n) is 4.25. The molecule has 2 aliphatic rings. The third-order valence-corrected chi connectivity index (χ3v) is 7.04. The zero-order chi connectivity index (χ0) is 27.2. The number of hydrogen-bond donors (Lipinski definition) is 5. The van der Waals surface area contributed by atoms with Crippen molar-refractivity contribution in [2.45, 2.75) is 49.7 Å². The van der Waals surface area contributed by atoms with Gasteiger partial charge in [0.25, 0.3) is 13.4 Å². The Kier molecular flexibility index (Phi) is 8.89. The molecule has 2 fully saturated rings. The minimum absolute atomic E-state index is 0. The Morgan fingerprint density at radius 3 is 2.54 bits per heavy atom. The SMILES string of the molecule is Nc1ncn([C@H]2CC(OP(=O)([O-])OC[C@H]3O[C@H](n4cnc5c(=O)[nH]c(N)nc54)C[C@@H]3O)[C@@H](CO)O2)c(=O)n1.[Na+]. The number of imidazole rings is 1. The summed E-state index contributed by atoms with van der Waals surface area (Å²) in [5.74, 6) is -0.387. The number of nitrogens with zero attached hydrogens (tertiary/aromatic N) is 6. The summed E-state index contributed by atoms with van der Waals surface area (Å²) in [6, 6.07) is 0. The molecule has 0 amide bonds. The molecule has 3 aromatic rings. The van der Waals surface area contributed by atoms with E-state index in [1.165, 1.54) is 10.9 Å². The second kappa shape index (κ2) is 11.7. The molecule has 5 rings (SSSR count). The van der Waals surface area contributed by atoms with Gasteiger partial charge in [0.1, 0.15) is 31.0 Å². The molecule has 2 aliphatic heterocycles. The number of aliphatic hydroxyl groups excluding tert-OH is 2. The molecule has 0 aromatic carbocycles. The zero-order valence-corrected chi connectivity index (χ0v) is 23.3. The second-order valence-corrected chi connectivity index (χ2v) is 9.91. The number of phosphoric acid groups is 1. The van der Waals surface area contributed by atoms with Crippen LogP contribution in [0.5, 0.6) is 0 Å². The third kappa shape index (κ3) is 6.23. The van der Waals surface area contributed by atoms with E-state index < -0.39 is 69.2 Å². The minimum Gasteiger partial charge on any atom is -0.756 e. The molecular formula is C18H23N9NaO10P. The number of nitrogens with two attached hydrogens (primary N) is 2. The first kappa shape index (κ1) is 29.7. The maximum atomic E-state index is 12.5. The summed E-state index contributed by atoms with van der Waals surface area (Å²) in [6.07, 6.45) is -4.16. The van der Waals surface area contributed by atoms with Crippen molar-refractivity contribution in [3.63, 3.8) is 0 Å². The van der Waals surface area contributed by atoms with E-state index in [0.29, 0.717) is 0 Å². The number of hydrogen-bond acceptors (Lipinski definition) is 16. The van der Waals surface area contributed by atoms with Crippen LogP contribution >= 0.6 is 7.82 Å². The summed E-state index contributed by atoms with van der Waals surface area (Å²) in [7, 11) is -5.01. The number of aliphatic hydroxyl groups is 2. The Labute approximate surface area is 240 Å². The fraction of sp³-hybridized carbons (Fsp3) is 0.556. The average molecular weight is 579 g/mol. The molecule has 0 bridgehead atoms. The number of ether oxygens (including phenoxy) is 2. The van der Waals surface area contributed by atoms with Crippen LogP contribution in [0.1, 0.15) is 25.3 Å². The van der Waals surface area contributed by atoms with E-state index in [9.17, 15) is 29.3 Å². The van der Waals surface area contributed by atoms with Gasteiger partial charge in [0.05, 0.1) is 31.7 Å². The molecule has 5 heterocycles. The van der Waals surface area contributed by atoms with Gasteiger partial charge in [0, 0.05) is 12.8 Å². The summed E-state index contributed by atoms with van der Waals surface area (Å²) in [5, 5.41) is 20.0. The summed E-state index contributed by atoms with van der Waals surface area (Å²) in [4.78, 5) is 54.1. The number of H-pyrrole nitrogens is 1. The molecule has 0 radical (unpaired) electrons. The van der Waals surface area contributed by atoms with E-state index in [1.807, 2.05) is 0 Å². The molecule has 0 saturated carbocycles. The Morgan fingerprint density at radius 1 is 1.13 bits per heavy atom. The largest absolute Gasteiger partial charge is 1.00 e. The van der Waals surface area contributed by atoms with E-state index in [0.717, 1.165) is 10.9 Å². The number of aromatic amines is 1. The van der Waals surface area contributed by atoms with Gasteiger partial charge < -0.3 is 45.1 Å². The molecular weight excluding hydrogens is 556 g/mol. The zero-order valence-electron chi connectivity index (χ0n) is 20.4. The molecule has 2 unspecified atom stereocenters. The van der Waals surface area contributed by atoms with Crippen molar-refractivity contribution >= 4 is 30.9 Å². The molecule has 7 atom stereocenters. The van der Waals surface area contributed by atoms with E-state index in [-0.39, 0.29) is 65.5 Å². The average Bonchev–Trinajstić information content (AvgIpc) is 3.54. The van der Waals surface area contributed by atoms with Crippen molar-refractivity contribution in [3.05, 3.63) is 33.5 Å². The molecule has 0 spiro atoms. The number of anilines is 2. The standard InChI is InChI=1S/C18H24N9O10P.Na/c19-16-22-6-27(18(31)25-16)12-2-8(9(3-28)35-12)37-38(32,33)34-4-10-7(29)1-11(36-10)26-5-21-13-14(26)23-17(20)24-15(13)30;/h5-12,28-29H,1-4H2,(H,32,33)(H2,19,25,31)(H3,20,23,24,30);/q;+1/p-1/t7-,8?,9+,10+,11-,12+;/m0./s1. The van der Waals surface area contributed by atoms with Gasteiger partial charge in [-0.2, -0.15) is 9.97 Å².